The maximum Gasteiger partial charge on any atom is 0.322 e. The largest absolute Gasteiger partial charge is 0.323 e. The molecule has 0 unspecified atom stereocenters. The van der Waals surface area contributed by atoms with Crippen molar-refractivity contribution in [3.05, 3.63) is 35.9 Å². The molecule has 2 N–H and O–H groups in total. The minimum Gasteiger partial charge on any atom is -0.323 e. The Morgan fingerprint density at radius 2 is 2.00 bits per heavy atom. The van der Waals surface area contributed by atoms with Crippen LogP contribution in [0.3, 0.4) is 0 Å². The number of carbonyl (C=O) groups excluding carboxylic acids is 2. The number of rotatable bonds is 2. The zero-order chi connectivity index (χ0) is 12.6. The van der Waals surface area contributed by atoms with Gasteiger partial charge in [0.25, 0.3) is 5.91 Å². The predicted molar refractivity (Wildman–Crippen MR) is 66.9 cm³/mol. The van der Waals surface area contributed by atoms with E-state index in [2.05, 4.69) is 22.8 Å². The second-order valence-corrected chi connectivity index (χ2v) is 5.16. The van der Waals surface area contributed by atoms with E-state index >= 15 is 0 Å². The Labute approximate surface area is 106 Å². The van der Waals surface area contributed by atoms with Crippen LogP contribution in [0.1, 0.15) is 24.8 Å². The molecule has 1 aromatic carbocycles. The molecule has 4 heteroatoms. The van der Waals surface area contributed by atoms with Gasteiger partial charge in [-0.3, -0.25) is 10.1 Å². The molecule has 2 fully saturated rings. The van der Waals surface area contributed by atoms with Crippen LogP contribution in [0, 0.1) is 5.92 Å². The molecule has 4 nitrogen and oxygen atoms in total. The van der Waals surface area contributed by atoms with Crippen molar-refractivity contribution in [3.63, 3.8) is 0 Å². The average Bonchev–Trinajstić information content (AvgIpc) is 2.87. The number of hydrogen-bond acceptors (Lipinski definition) is 2. The van der Waals surface area contributed by atoms with E-state index in [-0.39, 0.29) is 17.9 Å². The molecule has 3 amide bonds. The Kier molecular flexibility index (Phi) is 2.58. The summed E-state index contributed by atoms with van der Waals surface area (Å²) in [5, 5.41) is 5.23. The van der Waals surface area contributed by atoms with Crippen LogP contribution in [0.5, 0.6) is 0 Å². The second-order valence-electron chi connectivity index (χ2n) is 5.16. The number of urea groups is 1. The Hall–Kier alpha value is -1.84. The summed E-state index contributed by atoms with van der Waals surface area (Å²) in [6.45, 7) is 0. The van der Waals surface area contributed by atoms with Crippen LogP contribution in [0.15, 0.2) is 30.3 Å². The molecule has 0 bridgehead atoms. The lowest BCUT2D eigenvalue weighted by Gasteiger charge is -2.28. The van der Waals surface area contributed by atoms with Crippen LogP contribution in [-0.2, 0) is 11.2 Å². The first kappa shape index (κ1) is 11.3. The zero-order valence-corrected chi connectivity index (χ0v) is 10.1. The molecular weight excluding hydrogens is 228 g/mol. The van der Waals surface area contributed by atoms with Crippen LogP contribution < -0.4 is 10.6 Å². The van der Waals surface area contributed by atoms with Crippen molar-refractivity contribution in [2.24, 2.45) is 5.92 Å². The Morgan fingerprint density at radius 3 is 2.67 bits per heavy atom. The molecule has 0 radical (unpaired) electrons. The normalized spacial score (nSPS) is 30.6. The van der Waals surface area contributed by atoms with Crippen molar-refractivity contribution in [2.45, 2.75) is 31.2 Å². The minimum absolute atomic E-state index is 0.147. The topological polar surface area (TPSA) is 58.2 Å². The number of imide groups is 1. The third-order valence-corrected chi connectivity index (χ3v) is 4.11. The van der Waals surface area contributed by atoms with Gasteiger partial charge in [0.1, 0.15) is 5.54 Å². The van der Waals surface area contributed by atoms with Crippen molar-refractivity contribution >= 4 is 11.9 Å². The van der Waals surface area contributed by atoms with E-state index in [1.54, 1.807) is 0 Å². The summed E-state index contributed by atoms with van der Waals surface area (Å²) in [6.07, 6.45) is 3.57. The van der Waals surface area contributed by atoms with Gasteiger partial charge in [0, 0.05) is 0 Å². The smallest absolute Gasteiger partial charge is 0.322 e. The molecule has 1 aliphatic heterocycles. The molecule has 1 heterocycles. The molecule has 1 aromatic rings. The fourth-order valence-electron chi connectivity index (χ4n) is 3.22. The molecule has 2 atom stereocenters. The van der Waals surface area contributed by atoms with Crippen molar-refractivity contribution in [3.8, 4) is 0 Å². The van der Waals surface area contributed by atoms with Crippen LogP contribution in [0.4, 0.5) is 4.79 Å². The number of amides is 3. The summed E-state index contributed by atoms with van der Waals surface area (Å²) >= 11 is 0. The Morgan fingerprint density at radius 1 is 1.22 bits per heavy atom. The van der Waals surface area contributed by atoms with Gasteiger partial charge in [0.2, 0.25) is 0 Å². The van der Waals surface area contributed by atoms with E-state index in [0.717, 1.165) is 25.7 Å². The van der Waals surface area contributed by atoms with Gasteiger partial charge in [0.15, 0.2) is 0 Å². The standard InChI is InChI=1S/C14H16N2O2/c17-12-14(16-13(18)15-12)8-4-7-11(14)9-10-5-2-1-3-6-10/h1-3,5-6,11H,4,7-9H2,(H2,15,16,17,18)/t11-,14+/m0/s1. The lowest BCUT2D eigenvalue weighted by Crippen LogP contribution is -2.50. The van der Waals surface area contributed by atoms with Crippen molar-refractivity contribution in [1.82, 2.24) is 10.6 Å². The van der Waals surface area contributed by atoms with Crippen molar-refractivity contribution in [2.75, 3.05) is 0 Å². The van der Waals surface area contributed by atoms with Gasteiger partial charge in [-0.15, -0.1) is 0 Å². The van der Waals surface area contributed by atoms with Crippen LogP contribution in [0.25, 0.3) is 0 Å². The lowest BCUT2D eigenvalue weighted by molar-refractivity contribution is -0.125. The van der Waals surface area contributed by atoms with Gasteiger partial charge in [-0.25, -0.2) is 4.79 Å². The summed E-state index contributed by atoms with van der Waals surface area (Å²) in [5.74, 6) is 0.0530. The van der Waals surface area contributed by atoms with Crippen LogP contribution >= 0.6 is 0 Å². The molecule has 0 aromatic heterocycles. The highest BCUT2D eigenvalue weighted by Crippen LogP contribution is 2.39. The quantitative estimate of drug-likeness (QED) is 0.776. The van der Waals surface area contributed by atoms with Gasteiger partial charge < -0.3 is 5.32 Å². The number of hydrogen-bond donors (Lipinski definition) is 2. The van der Waals surface area contributed by atoms with Gasteiger partial charge in [-0.2, -0.15) is 0 Å². The summed E-state index contributed by atoms with van der Waals surface area (Å²) in [4.78, 5) is 23.4. The zero-order valence-electron chi connectivity index (χ0n) is 10.1. The molecule has 94 valence electrons. The third kappa shape index (κ3) is 1.68. The fraction of sp³-hybridized carbons (Fsp3) is 0.429. The summed E-state index contributed by atoms with van der Waals surface area (Å²) in [5.41, 5.74) is 0.560. The first-order valence-electron chi connectivity index (χ1n) is 6.38. The summed E-state index contributed by atoms with van der Waals surface area (Å²) in [7, 11) is 0. The minimum atomic E-state index is -0.660. The maximum absolute atomic E-state index is 12.0. The van der Waals surface area contributed by atoms with E-state index in [9.17, 15) is 9.59 Å². The highest BCUT2D eigenvalue weighted by molar-refractivity contribution is 6.07. The molecule has 2 aliphatic rings. The highest BCUT2D eigenvalue weighted by Gasteiger charge is 2.53. The second kappa shape index (κ2) is 4.12. The first-order valence-corrected chi connectivity index (χ1v) is 6.38. The molecule has 1 spiro atoms. The van der Waals surface area contributed by atoms with Crippen molar-refractivity contribution in [1.29, 1.82) is 0 Å². The highest BCUT2D eigenvalue weighted by atomic mass is 16.2. The summed E-state index contributed by atoms with van der Waals surface area (Å²) < 4.78 is 0. The number of nitrogens with one attached hydrogen (secondary N) is 2. The van der Waals surface area contributed by atoms with Gasteiger partial charge >= 0.3 is 6.03 Å². The molecule has 1 saturated carbocycles. The van der Waals surface area contributed by atoms with Crippen molar-refractivity contribution < 1.29 is 9.59 Å². The number of carbonyl (C=O) groups is 2. The Bertz CT molecular complexity index is 486. The van der Waals surface area contributed by atoms with E-state index < -0.39 is 5.54 Å². The van der Waals surface area contributed by atoms with E-state index in [1.165, 1.54) is 5.56 Å². The van der Waals surface area contributed by atoms with E-state index in [1.807, 2.05) is 18.2 Å². The van der Waals surface area contributed by atoms with Gasteiger partial charge in [-0.05, 0) is 30.7 Å². The van der Waals surface area contributed by atoms with E-state index in [0.29, 0.717) is 0 Å². The fourth-order valence-corrected chi connectivity index (χ4v) is 3.22. The van der Waals surface area contributed by atoms with Crippen LogP contribution in [0.2, 0.25) is 0 Å². The molecule has 1 aliphatic carbocycles. The van der Waals surface area contributed by atoms with Crippen LogP contribution in [-0.4, -0.2) is 17.5 Å². The molecule has 3 rings (SSSR count). The number of benzene rings is 1. The average molecular weight is 244 g/mol. The first-order chi connectivity index (χ1) is 8.71. The summed E-state index contributed by atoms with van der Waals surface area (Å²) in [6, 6.07) is 9.79. The Balaban J connectivity index is 1.84. The third-order valence-electron chi connectivity index (χ3n) is 4.11. The molecule has 18 heavy (non-hydrogen) atoms. The lowest BCUT2D eigenvalue weighted by atomic mass is 9.83. The SMILES string of the molecule is O=C1NC(=O)[C@]2(CCC[C@H]2Cc2ccccc2)N1. The molecule has 1 saturated heterocycles. The predicted octanol–water partition coefficient (Wildman–Crippen LogP) is 1.61. The molecular formula is C14H16N2O2. The van der Waals surface area contributed by atoms with E-state index in [4.69, 9.17) is 0 Å². The maximum atomic E-state index is 12.0. The monoisotopic (exact) mass is 244 g/mol. The van der Waals surface area contributed by atoms with Gasteiger partial charge in [-0.1, -0.05) is 36.8 Å². The van der Waals surface area contributed by atoms with Gasteiger partial charge in [0.05, 0.1) is 0 Å².